The summed E-state index contributed by atoms with van der Waals surface area (Å²) < 4.78 is 0. The van der Waals surface area contributed by atoms with E-state index in [0.717, 1.165) is 21.9 Å². The maximum atomic E-state index is 13.4. The maximum Gasteiger partial charge on any atom is 0.241 e. The van der Waals surface area contributed by atoms with Crippen LogP contribution in [0.1, 0.15) is 25.5 Å². The number of likely N-dealkylation sites (N-methyl/N-ethyl adjacent to an activating group) is 2. The molecule has 1 N–H and O–H groups in total. The van der Waals surface area contributed by atoms with Crippen molar-refractivity contribution in [1.82, 2.24) is 10.2 Å². The van der Waals surface area contributed by atoms with Crippen LogP contribution in [0.2, 0.25) is 0 Å². The molecule has 2 aromatic carbocycles. The van der Waals surface area contributed by atoms with Gasteiger partial charge in [-0.1, -0.05) is 49.4 Å². The molecule has 0 aromatic heterocycles. The van der Waals surface area contributed by atoms with Crippen molar-refractivity contribution >= 4 is 29.3 Å². The third-order valence-corrected chi connectivity index (χ3v) is 5.97. The predicted molar refractivity (Wildman–Crippen MR) is 115 cm³/mol. The molecule has 148 valence electrons. The van der Waals surface area contributed by atoms with Gasteiger partial charge in [-0.05, 0) is 31.2 Å². The first-order valence-corrected chi connectivity index (χ1v) is 10.7. The number of anilines is 1. The normalized spacial score (nSPS) is 16.0. The molecule has 0 bridgehead atoms. The van der Waals surface area contributed by atoms with Crippen LogP contribution >= 0.6 is 11.8 Å². The average molecular weight is 398 g/mol. The van der Waals surface area contributed by atoms with Crippen molar-refractivity contribution in [2.45, 2.75) is 24.8 Å². The predicted octanol–water partition coefficient (Wildman–Crippen LogP) is 3.32. The van der Waals surface area contributed by atoms with Gasteiger partial charge in [0, 0.05) is 17.2 Å². The zero-order valence-electron chi connectivity index (χ0n) is 16.4. The van der Waals surface area contributed by atoms with Crippen LogP contribution in [0.15, 0.2) is 59.5 Å². The Balaban J connectivity index is 1.85. The summed E-state index contributed by atoms with van der Waals surface area (Å²) in [5.74, 6) is 0.786. The molecular formula is C22H27N3O2S. The molecule has 0 aliphatic carbocycles. The lowest BCUT2D eigenvalue weighted by Gasteiger charge is -2.38. The number of nitrogens with zero attached hydrogens (tertiary/aromatic N) is 2. The van der Waals surface area contributed by atoms with E-state index in [9.17, 15) is 9.59 Å². The molecule has 6 heteroatoms. The Bertz CT molecular complexity index is 812. The van der Waals surface area contributed by atoms with Gasteiger partial charge in [-0.2, -0.15) is 0 Å². The Labute approximate surface area is 171 Å². The molecule has 0 radical (unpaired) electrons. The summed E-state index contributed by atoms with van der Waals surface area (Å²) in [6.45, 7) is 5.56. The first-order chi connectivity index (χ1) is 13.6. The lowest BCUT2D eigenvalue weighted by Crippen LogP contribution is -2.46. The minimum absolute atomic E-state index is 0.0169. The molecule has 0 saturated carbocycles. The van der Waals surface area contributed by atoms with Gasteiger partial charge in [-0.3, -0.25) is 14.5 Å². The highest BCUT2D eigenvalue weighted by Gasteiger charge is 2.33. The van der Waals surface area contributed by atoms with E-state index in [-0.39, 0.29) is 30.9 Å². The number of para-hydroxylation sites is 1. The van der Waals surface area contributed by atoms with Gasteiger partial charge in [-0.15, -0.1) is 11.8 Å². The lowest BCUT2D eigenvalue weighted by molar-refractivity contribution is -0.124. The second-order valence-electron chi connectivity index (χ2n) is 6.73. The highest BCUT2D eigenvalue weighted by atomic mass is 32.2. The highest BCUT2D eigenvalue weighted by molar-refractivity contribution is 7.99. The largest absolute Gasteiger partial charge is 0.355 e. The smallest absolute Gasteiger partial charge is 0.241 e. The van der Waals surface area contributed by atoms with Crippen LogP contribution in [0.25, 0.3) is 0 Å². The Morgan fingerprint density at radius 2 is 1.79 bits per heavy atom. The highest BCUT2D eigenvalue weighted by Crippen LogP contribution is 2.43. The summed E-state index contributed by atoms with van der Waals surface area (Å²) in [6.07, 6.45) is 0. The van der Waals surface area contributed by atoms with Gasteiger partial charge in [0.15, 0.2) is 0 Å². The molecule has 1 atom stereocenters. The number of thioether (sulfide) groups is 1. The van der Waals surface area contributed by atoms with Crippen LogP contribution in [0, 0.1) is 0 Å². The molecule has 3 rings (SSSR count). The molecule has 0 fully saturated rings. The minimum atomic E-state index is -0.0497. The molecule has 0 unspecified atom stereocenters. The summed E-state index contributed by atoms with van der Waals surface area (Å²) in [5, 5.41) is 2.80. The van der Waals surface area contributed by atoms with E-state index in [1.54, 1.807) is 11.8 Å². The quantitative estimate of drug-likeness (QED) is 0.779. The summed E-state index contributed by atoms with van der Waals surface area (Å²) in [7, 11) is 0. The van der Waals surface area contributed by atoms with E-state index in [1.807, 2.05) is 60.0 Å². The minimum Gasteiger partial charge on any atom is -0.355 e. The van der Waals surface area contributed by atoms with Crippen molar-refractivity contribution in [2.75, 3.05) is 36.8 Å². The zero-order valence-corrected chi connectivity index (χ0v) is 17.2. The topological polar surface area (TPSA) is 52.7 Å². The molecule has 5 nitrogen and oxygen atoms in total. The van der Waals surface area contributed by atoms with Gasteiger partial charge in [0.25, 0.3) is 0 Å². The number of hydrogen-bond acceptors (Lipinski definition) is 4. The summed E-state index contributed by atoms with van der Waals surface area (Å²) in [6, 6.07) is 18.2. The number of amides is 2. The van der Waals surface area contributed by atoms with Crippen molar-refractivity contribution in [2.24, 2.45) is 0 Å². The van der Waals surface area contributed by atoms with Gasteiger partial charge < -0.3 is 10.2 Å². The SMILES string of the molecule is CCNC(=O)CN(CC)CC(=O)N1c2ccccc2SC[C@@H]1c1ccccc1. The maximum absolute atomic E-state index is 13.4. The average Bonchev–Trinajstić information content (AvgIpc) is 2.73. The van der Waals surface area contributed by atoms with E-state index in [2.05, 4.69) is 23.5 Å². The molecular weight excluding hydrogens is 370 g/mol. The molecule has 0 saturated heterocycles. The zero-order chi connectivity index (χ0) is 19.9. The fraction of sp³-hybridized carbons (Fsp3) is 0.364. The third-order valence-electron chi connectivity index (χ3n) is 4.83. The Kier molecular flexibility index (Phi) is 7.12. The number of fused-ring (bicyclic) bond motifs is 1. The first-order valence-electron chi connectivity index (χ1n) is 9.71. The van der Waals surface area contributed by atoms with Crippen molar-refractivity contribution in [3.63, 3.8) is 0 Å². The van der Waals surface area contributed by atoms with Gasteiger partial charge >= 0.3 is 0 Å². The van der Waals surface area contributed by atoms with Crippen molar-refractivity contribution in [3.8, 4) is 0 Å². The Hall–Kier alpha value is -2.31. The second-order valence-corrected chi connectivity index (χ2v) is 7.79. The molecule has 28 heavy (non-hydrogen) atoms. The standard InChI is InChI=1S/C22H27N3O2S/c1-3-23-21(26)14-24(4-2)15-22(27)25-18-12-8-9-13-20(18)28-16-19(25)17-10-6-5-7-11-17/h5-13,19H,3-4,14-16H2,1-2H3,(H,23,26)/t19-/m1/s1. The van der Waals surface area contributed by atoms with Crippen molar-refractivity contribution < 1.29 is 9.59 Å². The molecule has 2 aromatic rings. The lowest BCUT2D eigenvalue weighted by atomic mass is 10.1. The fourth-order valence-electron chi connectivity index (χ4n) is 3.42. The van der Waals surface area contributed by atoms with Crippen LogP contribution in [0.3, 0.4) is 0 Å². The van der Waals surface area contributed by atoms with E-state index < -0.39 is 0 Å². The number of carbonyl (C=O) groups is 2. The van der Waals surface area contributed by atoms with Crippen LogP contribution in [0.4, 0.5) is 5.69 Å². The number of carbonyl (C=O) groups excluding carboxylic acids is 2. The number of benzene rings is 2. The van der Waals surface area contributed by atoms with Gasteiger partial charge in [0.05, 0.1) is 24.8 Å². The molecule has 1 aliphatic rings. The van der Waals surface area contributed by atoms with Crippen LogP contribution in [-0.4, -0.2) is 48.6 Å². The van der Waals surface area contributed by atoms with Crippen LogP contribution < -0.4 is 10.2 Å². The molecule has 1 heterocycles. The van der Waals surface area contributed by atoms with E-state index in [4.69, 9.17) is 0 Å². The van der Waals surface area contributed by atoms with Gasteiger partial charge in [0.2, 0.25) is 11.8 Å². The summed E-state index contributed by atoms with van der Waals surface area (Å²) in [4.78, 5) is 30.3. The number of hydrogen-bond donors (Lipinski definition) is 1. The summed E-state index contributed by atoms with van der Waals surface area (Å²) >= 11 is 1.78. The second kappa shape index (κ2) is 9.75. The van der Waals surface area contributed by atoms with Crippen LogP contribution in [0.5, 0.6) is 0 Å². The number of nitrogens with one attached hydrogen (secondary N) is 1. The third kappa shape index (κ3) is 4.75. The molecule has 2 amide bonds. The Morgan fingerprint density at radius 3 is 2.50 bits per heavy atom. The molecule has 0 spiro atoms. The van der Waals surface area contributed by atoms with Crippen molar-refractivity contribution in [3.05, 3.63) is 60.2 Å². The number of rotatable bonds is 7. The van der Waals surface area contributed by atoms with Gasteiger partial charge in [0.1, 0.15) is 0 Å². The van der Waals surface area contributed by atoms with Gasteiger partial charge in [-0.25, -0.2) is 0 Å². The first kappa shape index (κ1) is 20.4. The van der Waals surface area contributed by atoms with E-state index >= 15 is 0 Å². The summed E-state index contributed by atoms with van der Waals surface area (Å²) in [5.41, 5.74) is 2.08. The van der Waals surface area contributed by atoms with Crippen molar-refractivity contribution in [1.29, 1.82) is 0 Å². The monoisotopic (exact) mass is 397 g/mol. The Morgan fingerprint density at radius 1 is 1.07 bits per heavy atom. The van der Waals surface area contributed by atoms with Crippen LogP contribution in [-0.2, 0) is 9.59 Å². The fourth-order valence-corrected chi connectivity index (χ4v) is 4.59. The van der Waals surface area contributed by atoms with E-state index in [0.29, 0.717) is 13.1 Å². The van der Waals surface area contributed by atoms with E-state index in [1.165, 1.54) is 0 Å². The molecule has 1 aliphatic heterocycles.